The second kappa shape index (κ2) is 5.60. The minimum Gasteiger partial charge on any atom is -0.360 e. The minimum atomic E-state index is 0.397. The number of hydrogen-bond donors (Lipinski definition) is 2. The number of aryl methyl sites for hydroxylation is 1. The maximum atomic E-state index is 5.59. The molecule has 3 aliphatic carbocycles. The predicted octanol–water partition coefficient (Wildman–Crippen LogP) is 3.72. The van der Waals surface area contributed by atoms with E-state index in [2.05, 4.69) is 34.9 Å². The number of rotatable bonds is 2. The summed E-state index contributed by atoms with van der Waals surface area (Å²) >= 11 is 5.59. The molecule has 1 aromatic rings. The number of hydrogen-bond acceptors (Lipinski definition) is 1. The van der Waals surface area contributed by atoms with E-state index in [0.29, 0.717) is 12.1 Å². The number of thiocarbonyl (C=S) groups is 1. The summed E-state index contributed by atoms with van der Waals surface area (Å²) in [6.07, 6.45) is 9.25. The summed E-state index contributed by atoms with van der Waals surface area (Å²) in [6.45, 7) is 0. The van der Waals surface area contributed by atoms with Crippen LogP contribution in [0.4, 0.5) is 0 Å². The van der Waals surface area contributed by atoms with Crippen molar-refractivity contribution in [3.63, 3.8) is 0 Å². The molecule has 2 nitrogen and oxygen atoms in total. The van der Waals surface area contributed by atoms with Gasteiger partial charge in [0.05, 0.1) is 6.04 Å². The van der Waals surface area contributed by atoms with Crippen LogP contribution in [0.15, 0.2) is 24.3 Å². The topological polar surface area (TPSA) is 24.1 Å². The first kappa shape index (κ1) is 13.6. The van der Waals surface area contributed by atoms with Gasteiger partial charge in [-0.25, -0.2) is 0 Å². The third kappa shape index (κ3) is 2.68. The lowest BCUT2D eigenvalue weighted by atomic mass is 9.88. The Balaban J connectivity index is 1.39. The Hall–Kier alpha value is -1.09. The highest BCUT2D eigenvalue weighted by Crippen LogP contribution is 2.44. The molecule has 0 amide bonds. The van der Waals surface area contributed by atoms with E-state index in [1.165, 1.54) is 56.1 Å². The monoisotopic (exact) mass is 300 g/mol. The van der Waals surface area contributed by atoms with Crippen molar-refractivity contribution < 1.29 is 0 Å². The maximum Gasteiger partial charge on any atom is 0.167 e. The zero-order chi connectivity index (χ0) is 14.2. The molecule has 1 aromatic carbocycles. The van der Waals surface area contributed by atoms with Crippen LogP contribution in [0, 0.1) is 11.8 Å². The molecule has 0 radical (unpaired) electrons. The van der Waals surface area contributed by atoms with Crippen LogP contribution >= 0.6 is 12.2 Å². The first-order chi connectivity index (χ1) is 10.3. The van der Waals surface area contributed by atoms with Crippen molar-refractivity contribution in [2.45, 2.75) is 57.0 Å². The average molecular weight is 300 g/mol. The molecule has 4 rings (SSSR count). The van der Waals surface area contributed by atoms with E-state index in [9.17, 15) is 0 Å². The zero-order valence-corrected chi connectivity index (χ0v) is 13.3. The van der Waals surface area contributed by atoms with E-state index in [1.807, 2.05) is 0 Å². The second-order valence-corrected chi connectivity index (χ2v) is 7.45. The number of nitrogens with one attached hydrogen (secondary N) is 2. The van der Waals surface area contributed by atoms with Gasteiger partial charge in [-0.05, 0) is 73.7 Å². The molecule has 2 fully saturated rings. The van der Waals surface area contributed by atoms with Crippen molar-refractivity contribution in [1.29, 1.82) is 0 Å². The minimum absolute atomic E-state index is 0.397. The highest BCUT2D eigenvalue weighted by molar-refractivity contribution is 7.80. The first-order valence-corrected chi connectivity index (χ1v) is 8.85. The van der Waals surface area contributed by atoms with Gasteiger partial charge in [0, 0.05) is 6.04 Å². The third-order valence-corrected chi connectivity index (χ3v) is 5.97. The van der Waals surface area contributed by atoms with E-state index < -0.39 is 0 Å². The van der Waals surface area contributed by atoms with Crippen LogP contribution in [0.25, 0.3) is 0 Å². The average Bonchev–Trinajstić information content (AvgIpc) is 3.10. The van der Waals surface area contributed by atoms with Crippen molar-refractivity contribution in [1.82, 2.24) is 10.6 Å². The Morgan fingerprint density at radius 2 is 1.95 bits per heavy atom. The molecule has 0 aromatic heterocycles. The quantitative estimate of drug-likeness (QED) is 0.814. The fraction of sp³-hybridized carbons (Fsp3) is 0.611. The summed E-state index contributed by atoms with van der Waals surface area (Å²) in [4.78, 5) is 0. The van der Waals surface area contributed by atoms with Crippen LogP contribution in [0.5, 0.6) is 0 Å². The van der Waals surface area contributed by atoms with Gasteiger partial charge in [0.2, 0.25) is 0 Å². The maximum absolute atomic E-state index is 5.59. The Kier molecular flexibility index (Phi) is 3.62. The fourth-order valence-corrected chi connectivity index (χ4v) is 4.99. The lowest BCUT2D eigenvalue weighted by Gasteiger charge is -2.30. The lowest BCUT2D eigenvalue weighted by molar-refractivity contribution is 0.386. The van der Waals surface area contributed by atoms with Crippen molar-refractivity contribution in [3.8, 4) is 0 Å². The molecule has 0 heterocycles. The molecule has 21 heavy (non-hydrogen) atoms. The zero-order valence-electron chi connectivity index (χ0n) is 12.5. The molecule has 0 spiro atoms. The fourth-order valence-electron chi connectivity index (χ4n) is 4.69. The van der Waals surface area contributed by atoms with Crippen LogP contribution in [0.1, 0.15) is 55.7 Å². The summed E-state index contributed by atoms with van der Waals surface area (Å²) in [6, 6.07) is 9.83. The summed E-state index contributed by atoms with van der Waals surface area (Å²) in [5, 5.41) is 8.06. The standard InChI is InChI=1S/C18H24N2S/c21-18(20-17-11-12-8-9-14(17)10-12)19-16-7-3-5-13-4-1-2-6-15(13)16/h1-2,4,6,12,14,16-17H,3,5,7-11H2,(H2,19,20,21)/t12-,14-,16-,17-/m1/s1. The molecule has 0 saturated heterocycles. The first-order valence-electron chi connectivity index (χ1n) is 8.44. The van der Waals surface area contributed by atoms with Gasteiger partial charge in [0.1, 0.15) is 0 Å². The van der Waals surface area contributed by atoms with E-state index in [1.54, 1.807) is 0 Å². The summed E-state index contributed by atoms with van der Waals surface area (Å²) < 4.78 is 0. The molecule has 4 atom stereocenters. The largest absolute Gasteiger partial charge is 0.360 e. The van der Waals surface area contributed by atoms with Crippen LogP contribution < -0.4 is 10.6 Å². The van der Waals surface area contributed by atoms with E-state index in [-0.39, 0.29) is 0 Å². The molecule has 2 N–H and O–H groups in total. The Bertz CT molecular complexity index is 542. The van der Waals surface area contributed by atoms with Crippen LogP contribution in [0.3, 0.4) is 0 Å². The van der Waals surface area contributed by atoms with E-state index in [0.717, 1.165) is 16.9 Å². The third-order valence-electron chi connectivity index (χ3n) is 5.73. The van der Waals surface area contributed by atoms with Gasteiger partial charge in [0.15, 0.2) is 5.11 Å². The highest BCUT2D eigenvalue weighted by Gasteiger charge is 2.39. The molecule has 112 valence electrons. The predicted molar refractivity (Wildman–Crippen MR) is 90.2 cm³/mol. The molecule has 0 aliphatic heterocycles. The van der Waals surface area contributed by atoms with E-state index >= 15 is 0 Å². The van der Waals surface area contributed by atoms with Gasteiger partial charge in [-0.15, -0.1) is 0 Å². The van der Waals surface area contributed by atoms with Gasteiger partial charge >= 0.3 is 0 Å². The van der Waals surface area contributed by atoms with Gasteiger partial charge in [-0.1, -0.05) is 30.7 Å². The molecule has 0 unspecified atom stereocenters. The van der Waals surface area contributed by atoms with Crippen molar-refractivity contribution in [3.05, 3.63) is 35.4 Å². The molecule has 2 saturated carbocycles. The Morgan fingerprint density at radius 3 is 2.76 bits per heavy atom. The van der Waals surface area contributed by atoms with Crippen molar-refractivity contribution >= 4 is 17.3 Å². The van der Waals surface area contributed by atoms with E-state index in [4.69, 9.17) is 12.2 Å². The molecular weight excluding hydrogens is 276 g/mol. The van der Waals surface area contributed by atoms with Gasteiger partial charge in [-0.3, -0.25) is 0 Å². The number of fused-ring (bicyclic) bond motifs is 3. The Labute approximate surface area is 132 Å². The van der Waals surface area contributed by atoms with Crippen molar-refractivity contribution in [2.24, 2.45) is 11.8 Å². The van der Waals surface area contributed by atoms with Crippen LogP contribution in [-0.2, 0) is 6.42 Å². The van der Waals surface area contributed by atoms with Gasteiger partial charge in [-0.2, -0.15) is 0 Å². The van der Waals surface area contributed by atoms with Gasteiger partial charge in [0.25, 0.3) is 0 Å². The SMILES string of the molecule is S=C(N[C@@H]1CCCc2ccccc21)N[C@@H]1C[C@@H]2CC[C@@H]1C2. The van der Waals surface area contributed by atoms with Crippen molar-refractivity contribution in [2.75, 3.05) is 0 Å². The Morgan fingerprint density at radius 1 is 1.05 bits per heavy atom. The summed E-state index contributed by atoms with van der Waals surface area (Å²) in [5.74, 6) is 1.83. The smallest absolute Gasteiger partial charge is 0.167 e. The van der Waals surface area contributed by atoms with Crippen LogP contribution in [-0.4, -0.2) is 11.2 Å². The molecular formula is C18H24N2S. The molecule has 3 aliphatic rings. The molecule has 2 bridgehead atoms. The summed E-state index contributed by atoms with van der Waals surface area (Å²) in [5.41, 5.74) is 2.94. The second-order valence-electron chi connectivity index (χ2n) is 7.04. The summed E-state index contributed by atoms with van der Waals surface area (Å²) in [7, 11) is 0. The molecule has 3 heteroatoms. The normalized spacial score (nSPS) is 33.5. The van der Waals surface area contributed by atoms with Gasteiger partial charge < -0.3 is 10.6 Å². The van der Waals surface area contributed by atoms with Crippen LogP contribution in [0.2, 0.25) is 0 Å². The highest BCUT2D eigenvalue weighted by atomic mass is 32.1. The number of benzene rings is 1. The lowest BCUT2D eigenvalue weighted by Crippen LogP contribution is -2.45.